The molecule has 3 aromatic rings. The second-order valence-corrected chi connectivity index (χ2v) is 12.1. The Balaban J connectivity index is 1.20. The number of benzene rings is 2. The van der Waals surface area contributed by atoms with E-state index in [4.69, 9.17) is 33.2 Å². The van der Waals surface area contributed by atoms with Gasteiger partial charge in [0.25, 0.3) is 0 Å². The van der Waals surface area contributed by atoms with E-state index in [-0.39, 0.29) is 11.8 Å². The van der Waals surface area contributed by atoms with Gasteiger partial charge in [-0.2, -0.15) is 4.98 Å². The fraction of sp³-hybridized carbons (Fsp3) is 0.500. The van der Waals surface area contributed by atoms with E-state index in [0.29, 0.717) is 16.6 Å². The van der Waals surface area contributed by atoms with Crippen LogP contribution in [-0.4, -0.2) is 53.5 Å². The number of carbonyl (C=O) groups is 1. The number of piperidine rings is 1. The van der Waals surface area contributed by atoms with Gasteiger partial charge in [0.05, 0.1) is 5.52 Å². The molecule has 1 saturated carbocycles. The number of carbonyl (C=O) groups excluding carboxylic acids is 1. The van der Waals surface area contributed by atoms with Gasteiger partial charge >= 0.3 is 0 Å². The van der Waals surface area contributed by atoms with Gasteiger partial charge in [-0.1, -0.05) is 29.3 Å². The number of rotatable bonds is 9. The minimum atomic E-state index is 0.0851. The Morgan fingerprint density at radius 1 is 0.949 bits per heavy atom. The Kier molecular flexibility index (Phi) is 8.09. The number of anilines is 3. The first kappa shape index (κ1) is 26.6. The third-order valence-electron chi connectivity index (χ3n) is 8.31. The number of halogens is 2. The Hall–Kier alpha value is -2.61. The molecular formula is C30H36Cl2N6O. The number of hydrogen-bond acceptors (Lipinski definition) is 6. The van der Waals surface area contributed by atoms with Crippen LogP contribution in [0.15, 0.2) is 36.4 Å². The minimum Gasteiger partial charge on any atom is -0.365 e. The summed E-state index contributed by atoms with van der Waals surface area (Å²) in [5.74, 6) is 2.48. The molecule has 39 heavy (non-hydrogen) atoms. The van der Waals surface area contributed by atoms with Crippen LogP contribution in [0.1, 0.15) is 50.5 Å². The van der Waals surface area contributed by atoms with Crippen molar-refractivity contribution in [2.24, 2.45) is 11.8 Å². The van der Waals surface area contributed by atoms with Crippen LogP contribution in [0.3, 0.4) is 0 Å². The molecule has 1 aliphatic carbocycles. The number of aromatic nitrogens is 2. The average molecular weight is 568 g/mol. The standard InChI is InChI=1S/C30H36Cl2N6O/c31-23-6-5-22(26(32)17-23)19-33-28-25-18-24(34-29(39)21-3-4-21)7-8-27(25)35-30(36-28)38-15-10-20(11-16-38)9-14-37-12-1-2-13-37/h5-8,17-18,20-21H,1-4,9-16,19H2,(H,34,39)(H,33,35,36). The van der Waals surface area contributed by atoms with E-state index in [2.05, 4.69) is 20.4 Å². The fourth-order valence-corrected chi connectivity index (χ4v) is 6.17. The quantitative estimate of drug-likeness (QED) is 0.304. The summed E-state index contributed by atoms with van der Waals surface area (Å²) >= 11 is 12.5. The number of nitrogens with zero attached hydrogens (tertiary/aromatic N) is 4. The SMILES string of the molecule is O=C(Nc1ccc2nc(N3CCC(CCN4CCCC4)CC3)nc(NCc3ccc(Cl)cc3Cl)c2c1)C1CC1. The van der Waals surface area contributed by atoms with Crippen molar-refractivity contribution in [1.29, 1.82) is 0 Å². The Morgan fingerprint density at radius 3 is 2.49 bits per heavy atom. The highest BCUT2D eigenvalue weighted by Crippen LogP contribution is 2.33. The number of nitrogens with one attached hydrogen (secondary N) is 2. The van der Waals surface area contributed by atoms with Crippen molar-refractivity contribution in [3.05, 3.63) is 52.0 Å². The van der Waals surface area contributed by atoms with E-state index in [1.54, 1.807) is 6.07 Å². The number of hydrogen-bond donors (Lipinski definition) is 2. The normalized spacial score (nSPS) is 18.6. The van der Waals surface area contributed by atoms with Crippen molar-refractivity contribution in [1.82, 2.24) is 14.9 Å². The van der Waals surface area contributed by atoms with Gasteiger partial charge < -0.3 is 20.4 Å². The molecule has 9 heteroatoms. The molecule has 2 aromatic carbocycles. The van der Waals surface area contributed by atoms with Gasteiger partial charge in [0, 0.05) is 46.7 Å². The highest BCUT2D eigenvalue weighted by Gasteiger charge is 2.30. The second-order valence-electron chi connectivity index (χ2n) is 11.2. The third kappa shape index (κ3) is 6.59. The molecule has 7 nitrogen and oxygen atoms in total. The minimum absolute atomic E-state index is 0.0851. The predicted octanol–water partition coefficient (Wildman–Crippen LogP) is 6.60. The van der Waals surface area contributed by atoms with Gasteiger partial charge in [0.15, 0.2) is 0 Å². The third-order valence-corrected chi connectivity index (χ3v) is 8.90. The lowest BCUT2D eigenvalue weighted by Crippen LogP contribution is -2.36. The van der Waals surface area contributed by atoms with Crippen LogP contribution in [0, 0.1) is 11.8 Å². The van der Waals surface area contributed by atoms with Crippen LogP contribution in [-0.2, 0) is 11.3 Å². The fourth-order valence-electron chi connectivity index (χ4n) is 5.70. The van der Waals surface area contributed by atoms with Crippen LogP contribution < -0.4 is 15.5 Å². The zero-order chi connectivity index (χ0) is 26.8. The molecule has 206 valence electrons. The van der Waals surface area contributed by atoms with E-state index < -0.39 is 0 Å². The van der Waals surface area contributed by atoms with Gasteiger partial charge in [0.1, 0.15) is 5.82 Å². The average Bonchev–Trinajstić information content (AvgIpc) is 3.67. The van der Waals surface area contributed by atoms with E-state index >= 15 is 0 Å². The molecule has 2 N–H and O–H groups in total. The monoisotopic (exact) mass is 566 g/mol. The molecular weight excluding hydrogens is 531 g/mol. The molecule has 0 bridgehead atoms. The van der Waals surface area contributed by atoms with Gasteiger partial charge in [-0.15, -0.1) is 0 Å². The molecule has 3 fully saturated rings. The van der Waals surface area contributed by atoms with Crippen molar-refractivity contribution < 1.29 is 4.79 Å². The molecule has 0 atom stereocenters. The highest BCUT2D eigenvalue weighted by atomic mass is 35.5. The van der Waals surface area contributed by atoms with Crippen LogP contribution >= 0.6 is 23.2 Å². The lowest BCUT2D eigenvalue weighted by molar-refractivity contribution is -0.117. The van der Waals surface area contributed by atoms with Gasteiger partial charge in [-0.25, -0.2) is 4.98 Å². The maximum Gasteiger partial charge on any atom is 0.227 e. The summed E-state index contributed by atoms with van der Waals surface area (Å²) in [4.78, 5) is 27.3. The van der Waals surface area contributed by atoms with Crippen LogP contribution in [0.5, 0.6) is 0 Å². The summed E-state index contributed by atoms with van der Waals surface area (Å²) in [6.45, 7) is 6.21. The summed E-state index contributed by atoms with van der Waals surface area (Å²) in [5, 5.41) is 8.65. The van der Waals surface area contributed by atoms with Crippen molar-refractivity contribution in [2.45, 2.75) is 51.5 Å². The van der Waals surface area contributed by atoms with Gasteiger partial charge in [-0.05, 0) is 106 Å². The summed E-state index contributed by atoms with van der Waals surface area (Å²) in [6, 6.07) is 11.4. The summed E-state index contributed by atoms with van der Waals surface area (Å²) in [7, 11) is 0. The zero-order valence-corrected chi connectivity index (χ0v) is 23.8. The first-order chi connectivity index (χ1) is 19.0. The number of fused-ring (bicyclic) bond motifs is 1. The highest BCUT2D eigenvalue weighted by molar-refractivity contribution is 6.35. The van der Waals surface area contributed by atoms with Gasteiger partial charge in [-0.3, -0.25) is 4.79 Å². The van der Waals surface area contributed by atoms with Crippen molar-refractivity contribution in [3.8, 4) is 0 Å². The van der Waals surface area contributed by atoms with Crippen LogP contribution in [0.4, 0.5) is 17.5 Å². The molecule has 3 aliphatic rings. The summed E-state index contributed by atoms with van der Waals surface area (Å²) < 4.78 is 0. The van der Waals surface area contributed by atoms with Crippen molar-refractivity contribution in [3.63, 3.8) is 0 Å². The molecule has 0 radical (unpaired) electrons. The molecule has 0 unspecified atom stereocenters. The van der Waals surface area contributed by atoms with Crippen molar-refractivity contribution in [2.75, 3.05) is 48.3 Å². The van der Waals surface area contributed by atoms with E-state index in [0.717, 1.165) is 65.8 Å². The lowest BCUT2D eigenvalue weighted by Gasteiger charge is -2.33. The zero-order valence-electron chi connectivity index (χ0n) is 22.3. The largest absolute Gasteiger partial charge is 0.365 e. The molecule has 3 heterocycles. The molecule has 1 amide bonds. The Labute approximate surface area is 240 Å². The molecule has 0 spiro atoms. The molecule has 6 rings (SSSR count). The van der Waals surface area contributed by atoms with E-state index in [9.17, 15) is 4.79 Å². The van der Waals surface area contributed by atoms with Crippen LogP contribution in [0.2, 0.25) is 10.0 Å². The number of amides is 1. The predicted molar refractivity (Wildman–Crippen MR) is 160 cm³/mol. The summed E-state index contributed by atoms with van der Waals surface area (Å²) in [6.07, 6.45) is 8.27. The maximum absolute atomic E-state index is 12.4. The lowest BCUT2D eigenvalue weighted by atomic mass is 9.93. The first-order valence-electron chi connectivity index (χ1n) is 14.3. The number of likely N-dealkylation sites (tertiary alicyclic amines) is 1. The Morgan fingerprint density at radius 2 is 1.74 bits per heavy atom. The molecule has 1 aromatic heterocycles. The molecule has 2 saturated heterocycles. The Bertz CT molecular complexity index is 1330. The van der Waals surface area contributed by atoms with E-state index in [1.165, 1.54) is 51.7 Å². The summed E-state index contributed by atoms with van der Waals surface area (Å²) in [5.41, 5.74) is 2.55. The molecule has 2 aliphatic heterocycles. The van der Waals surface area contributed by atoms with E-state index in [1.807, 2.05) is 30.3 Å². The first-order valence-corrected chi connectivity index (χ1v) is 15.1. The topological polar surface area (TPSA) is 73.4 Å². The second kappa shape index (κ2) is 11.9. The van der Waals surface area contributed by atoms with Crippen LogP contribution in [0.25, 0.3) is 10.9 Å². The van der Waals surface area contributed by atoms with Crippen molar-refractivity contribution >= 4 is 57.5 Å². The maximum atomic E-state index is 12.4. The smallest absolute Gasteiger partial charge is 0.227 e. The van der Waals surface area contributed by atoms with Gasteiger partial charge in [0.2, 0.25) is 11.9 Å².